The van der Waals surface area contributed by atoms with Gasteiger partial charge in [0.2, 0.25) is 5.91 Å². The molecule has 1 saturated carbocycles. The molecule has 1 aliphatic carbocycles. The molecule has 4 nitrogen and oxygen atoms in total. The van der Waals surface area contributed by atoms with Gasteiger partial charge in [0.15, 0.2) is 0 Å². The van der Waals surface area contributed by atoms with Gasteiger partial charge in [-0.05, 0) is 31.6 Å². The summed E-state index contributed by atoms with van der Waals surface area (Å²) in [4.78, 5) is 25.4. The van der Waals surface area contributed by atoms with Crippen LogP contribution in [-0.2, 0) is 9.59 Å². The van der Waals surface area contributed by atoms with E-state index in [1.165, 1.54) is 32.1 Å². The first-order chi connectivity index (χ1) is 9.16. The van der Waals surface area contributed by atoms with Crippen LogP contribution >= 0.6 is 0 Å². The Hall–Kier alpha value is -1.06. The molecule has 1 saturated heterocycles. The quantitative estimate of drug-likeness (QED) is 0.833. The normalized spacial score (nSPS) is 22.4. The molecular weight excluding hydrogens is 242 g/mol. The number of piperidine rings is 1. The highest BCUT2D eigenvalue weighted by molar-refractivity contribution is 5.83. The van der Waals surface area contributed by atoms with Crippen molar-refractivity contribution in [3.63, 3.8) is 0 Å². The first-order valence-electron chi connectivity index (χ1n) is 7.67. The van der Waals surface area contributed by atoms with E-state index in [0.717, 1.165) is 32.4 Å². The number of rotatable bonds is 5. The van der Waals surface area contributed by atoms with Gasteiger partial charge in [0, 0.05) is 19.0 Å². The fraction of sp³-hybridized carbons (Fsp3) is 0.867. The maximum absolute atomic E-state index is 12.5. The fourth-order valence-corrected chi connectivity index (χ4v) is 3.50. The minimum absolute atomic E-state index is 0.00579. The van der Waals surface area contributed by atoms with Gasteiger partial charge in [-0.15, -0.1) is 0 Å². The van der Waals surface area contributed by atoms with Crippen LogP contribution in [0.15, 0.2) is 0 Å². The fourth-order valence-electron chi connectivity index (χ4n) is 3.50. The van der Waals surface area contributed by atoms with E-state index >= 15 is 0 Å². The number of hydrogen-bond acceptors (Lipinski definition) is 2. The minimum atomic E-state index is -0.839. The number of amides is 1. The molecule has 4 heteroatoms. The highest BCUT2D eigenvalue weighted by Gasteiger charge is 2.30. The Balaban J connectivity index is 1.94. The summed E-state index contributed by atoms with van der Waals surface area (Å²) in [6.07, 6.45) is 8.92. The van der Waals surface area contributed by atoms with Crippen LogP contribution in [0.5, 0.6) is 0 Å². The lowest BCUT2D eigenvalue weighted by atomic mass is 9.89. The Morgan fingerprint density at radius 1 is 1.05 bits per heavy atom. The minimum Gasteiger partial charge on any atom is -0.481 e. The van der Waals surface area contributed by atoms with Gasteiger partial charge < -0.3 is 10.0 Å². The van der Waals surface area contributed by atoms with E-state index in [9.17, 15) is 9.59 Å². The van der Waals surface area contributed by atoms with E-state index in [4.69, 9.17) is 5.11 Å². The summed E-state index contributed by atoms with van der Waals surface area (Å²) in [6.45, 7) is 1.64. The number of aliphatic carboxylic acids is 1. The molecule has 0 aromatic carbocycles. The molecule has 1 heterocycles. The third-order valence-electron chi connectivity index (χ3n) is 4.53. The smallest absolute Gasteiger partial charge is 0.304 e. The summed E-state index contributed by atoms with van der Waals surface area (Å²) >= 11 is 0. The van der Waals surface area contributed by atoms with Crippen molar-refractivity contribution >= 4 is 11.9 Å². The molecule has 0 spiro atoms. The summed E-state index contributed by atoms with van der Waals surface area (Å²) < 4.78 is 0. The van der Waals surface area contributed by atoms with Crippen LogP contribution in [0.25, 0.3) is 0 Å². The van der Waals surface area contributed by atoms with Crippen LogP contribution in [0.1, 0.15) is 57.8 Å². The zero-order chi connectivity index (χ0) is 13.7. The average molecular weight is 267 g/mol. The number of carbonyl (C=O) groups excluding carboxylic acids is 1. The van der Waals surface area contributed by atoms with Crippen LogP contribution in [0.2, 0.25) is 0 Å². The molecular formula is C15H25NO3. The van der Waals surface area contributed by atoms with Gasteiger partial charge in [0.1, 0.15) is 0 Å². The molecule has 2 fully saturated rings. The number of carboxylic acid groups (broad SMARTS) is 1. The van der Waals surface area contributed by atoms with Crippen molar-refractivity contribution in [3.05, 3.63) is 0 Å². The summed E-state index contributed by atoms with van der Waals surface area (Å²) in [6, 6.07) is 0. The molecule has 1 aliphatic heterocycles. The van der Waals surface area contributed by atoms with Crippen molar-refractivity contribution in [2.75, 3.05) is 13.1 Å². The Morgan fingerprint density at radius 3 is 2.26 bits per heavy atom. The van der Waals surface area contributed by atoms with Crippen LogP contribution in [0.3, 0.4) is 0 Å². The van der Waals surface area contributed by atoms with Crippen LogP contribution < -0.4 is 0 Å². The average Bonchev–Trinajstić information content (AvgIpc) is 2.90. The van der Waals surface area contributed by atoms with Crippen molar-refractivity contribution < 1.29 is 14.7 Å². The molecule has 1 atom stereocenters. The maximum atomic E-state index is 12.5. The van der Waals surface area contributed by atoms with Gasteiger partial charge in [0.05, 0.1) is 6.42 Å². The second kappa shape index (κ2) is 6.92. The van der Waals surface area contributed by atoms with Gasteiger partial charge in [0.25, 0.3) is 0 Å². The van der Waals surface area contributed by atoms with Gasteiger partial charge >= 0.3 is 5.97 Å². The first kappa shape index (κ1) is 14.4. The SMILES string of the molecule is O=C(O)CC(CC1CCCC1)C(=O)N1CCCCC1. The molecule has 2 rings (SSSR count). The molecule has 0 bridgehead atoms. The molecule has 0 aromatic rings. The summed E-state index contributed by atoms with van der Waals surface area (Å²) in [5, 5.41) is 9.03. The van der Waals surface area contributed by atoms with E-state index in [-0.39, 0.29) is 18.2 Å². The van der Waals surface area contributed by atoms with Gasteiger partial charge in [-0.1, -0.05) is 25.7 Å². The van der Waals surface area contributed by atoms with Crippen molar-refractivity contribution in [1.82, 2.24) is 4.90 Å². The van der Waals surface area contributed by atoms with E-state index in [2.05, 4.69) is 0 Å². The standard InChI is InChI=1S/C15H25NO3/c17-14(18)11-13(10-12-6-2-3-7-12)15(19)16-8-4-1-5-9-16/h12-13H,1-11H2,(H,17,18). The Bertz CT molecular complexity index is 317. The molecule has 1 unspecified atom stereocenters. The summed E-state index contributed by atoms with van der Waals surface area (Å²) in [7, 11) is 0. The lowest BCUT2D eigenvalue weighted by molar-refractivity contribution is -0.145. The number of likely N-dealkylation sites (tertiary alicyclic amines) is 1. The molecule has 108 valence electrons. The van der Waals surface area contributed by atoms with Crippen molar-refractivity contribution in [2.24, 2.45) is 11.8 Å². The second-order valence-corrected chi connectivity index (χ2v) is 6.07. The van der Waals surface area contributed by atoms with E-state index in [1.54, 1.807) is 0 Å². The number of carbonyl (C=O) groups is 2. The zero-order valence-electron chi connectivity index (χ0n) is 11.6. The van der Waals surface area contributed by atoms with E-state index < -0.39 is 5.97 Å². The van der Waals surface area contributed by atoms with Gasteiger partial charge in [-0.3, -0.25) is 9.59 Å². The van der Waals surface area contributed by atoms with Gasteiger partial charge in [-0.25, -0.2) is 0 Å². The van der Waals surface area contributed by atoms with Crippen molar-refractivity contribution in [1.29, 1.82) is 0 Å². The predicted octanol–water partition coefficient (Wildman–Crippen LogP) is 2.67. The van der Waals surface area contributed by atoms with Crippen molar-refractivity contribution in [3.8, 4) is 0 Å². The summed E-state index contributed by atoms with van der Waals surface area (Å²) in [5.74, 6) is -0.473. The Morgan fingerprint density at radius 2 is 1.68 bits per heavy atom. The molecule has 1 amide bonds. The van der Waals surface area contributed by atoms with Crippen LogP contribution in [0, 0.1) is 11.8 Å². The largest absolute Gasteiger partial charge is 0.481 e. The topological polar surface area (TPSA) is 57.6 Å². The van der Waals surface area contributed by atoms with Crippen molar-refractivity contribution in [2.45, 2.75) is 57.8 Å². The van der Waals surface area contributed by atoms with Crippen LogP contribution in [0.4, 0.5) is 0 Å². The number of carboxylic acids is 1. The zero-order valence-corrected chi connectivity index (χ0v) is 11.6. The lowest BCUT2D eigenvalue weighted by Crippen LogP contribution is -2.40. The third kappa shape index (κ3) is 4.22. The molecule has 2 aliphatic rings. The highest BCUT2D eigenvalue weighted by atomic mass is 16.4. The Kier molecular flexibility index (Phi) is 5.23. The second-order valence-electron chi connectivity index (χ2n) is 6.07. The highest BCUT2D eigenvalue weighted by Crippen LogP contribution is 2.32. The van der Waals surface area contributed by atoms with E-state index in [1.807, 2.05) is 4.90 Å². The number of hydrogen-bond donors (Lipinski definition) is 1. The van der Waals surface area contributed by atoms with E-state index in [0.29, 0.717) is 5.92 Å². The monoisotopic (exact) mass is 267 g/mol. The van der Waals surface area contributed by atoms with Crippen LogP contribution in [-0.4, -0.2) is 35.0 Å². The molecule has 19 heavy (non-hydrogen) atoms. The molecule has 0 radical (unpaired) electrons. The number of nitrogens with zero attached hydrogens (tertiary/aromatic N) is 1. The molecule has 0 aromatic heterocycles. The van der Waals surface area contributed by atoms with Gasteiger partial charge in [-0.2, -0.15) is 0 Å². The maximum Gasteiger partial charge on any atom is 0.304 e. The summed E-state index contributed by atoms with van der Waals surface area (Å²) in [5.41, 5.74) is 0. The Labute approximate surface area is 115 Å². The first-order valence-corrected chi connectivity index (χ1v) is 7.67. The lowest BCUT2D eigenvalue weighted by Gasteiger charge is -2.31. The third-order valence-corrected chi connectivity index (χ3v) is 4.53. The predicted molar refractivity (Wildman–Crippen MR) is 72.7 cm³/mol. The molecule has 1 N–H and O–H groups in total.